The quantitative estimate of drug-likeness (QED) is 0.808. The molecule has 0 saturated carbocycles. The average molecular weight is 230 g/mol. The van der Waals surface area contributed by atoms with Crippen molar-refractivity contribution in [3.8, 4) is 5.75 Å². The molecule has 0 atom stereocenters. The van der Waals surface area contributed by atoms with Gasteiger partial charge in [0.15, 0.2) is 0 Å². The maximum Gasteiger partial charge on any atom is 0.115 e. The third kappa shape index (κ3) is 3.31. The Labute approximate surface area is 100 Å². The minimum atomic E-state index is 0.333. The van der Waals surface area contributed by atoms with Crippen LogP contribution in [0.5, 0.6) is 5.75 Å². The molecule has 0 aromatic heterocycles. The Balaban J connectivity index is 1.82. The molecule has 16 heavy (non-hydrogen) atoms. The highest BCUT2D eigenvalue weighted by Crippen LogP contribution is 2.19. The van der Waals surface area contributed by atoms with Crippen molar-refractivity contribution in [2.75, 3.05) is 5.75 Å². The third-order valence-corrected chi connectivity index (χ3v) is 3.35. The van der Waals surface area contributed by atoms with Gasteiger partial charge in [0, 0.05) is 10.6 Å². The van der Waals surface area contributed by atoms with E-state index in [1.807, 2.05) is 30.0 Å². The smallest absolute Gasteiger partial charge is 0.115 e. The van der Waals surface area contributed by atoms with E-state index in [2.05, 4.69) is 24.3 Å². The van der Waals surface area contributed by atoms with E-state index in [1.54, 1.807) is 12.1 Å². The number of aryl methyl sites for hydroxylation is 1. The highest BCUT2D eigenvalue weighted by molar-refractivity contribution is 7.99. The lowest BCUT2D eigenvalue weighted by molar-refractivity contribution is 0.475. The highest BCUT2D eigenvalue weighted by atomic mass is 32.2. The van der Waals surface area contributed by atoms with Gasteiger partial charge in [-0.05, 0) is 36.2 Å². The van der Waals surface area contributed by atoms with Crippen molar-refractivity contribution in [1.82, 2.24) is 0 Å². The Morgan fingerprint density at radius 3 is 2.25 bits per heavy atom. The monoisotopic (exact) mass is 230 g/mol. The van der Waals surface area contributed by atoms with Crippen molar-refractivity contribution >= 4 is 11.8 Å². The molecule has 1 nitrogen and oxygen atoms in total. The summed E-state index contributed by atoms with van der Waals surface area (Å²) in [6.45, 7) is 0. The van der Waals surface area contributed by atoms with Crippen molar-refractivity contribution in [3.05, 3.63) is 60.2 Å². The average Bonchev–Trinajstić information content (AvgIpc) is 2.33. The van der Waals surface area contributed by atoms with E-state index in [4.69, 9.17) is 5.11 Å². The number of rotatable bonds is 4. The molecule has 0 unspecified atom stereocenters. The van der Waals surface area contributed by atoms with E-state index >= 15 is 0 Å². The van der Waals surface area contributed by atoms with Crippen LogP contribution in [0.15, 0.2) is 59.5 Å². The van der Waals surface area contributed by atoms with Crippen LogP contribution in [0.1, 0.15) is 5.56 Å². The van der Waals surface area contributed by atoms with Crippen LogP contribution < -0.4 is 0 Å². The summed E-state index contributed by atoms with van der Waals surface area (Å²) in [5, 5.41) is 9.15. The molecular formula is C14H14OS. The fraction of sp³-hybridized carbons (Fsp3) is 0.143. The van der Waals surface area contributed by atoms with E-state index in [0.29, 0.717) is 5.75 Å². The summed E-state index contributed by atoms with van der Waals surface area (Å²) in [7, 11) is 0. The van der Waals surface area contributed by atoms with E-state index in [0.717, 1.165) is 12.2 Å². The molecule has 0 radical (unpaired) electrons. The van der Waals surface area contributed by atoms with Crippen molar-refractivity contribution in [3.63, 3.8) is 0 Å². The van der Waals surface area contributed by atoms with Gasteiger partial charge in [0.2, 0.25) is 0 Å². The Morgan fingerprint density at radius 2 is 1.56 bits per heavy atom. The van der Waals surface area contributed by atoms with Crippen LogP contribution in [-0.4, -0.2) is 10.9 Å². The molecule has 0 saturated heterocycles. The number of hydrogen-bond donors (Lipinski definition) is 1. The highest BCUT2D eigenvalue weighted by Gasteiger charge is 1.95. The maximum absolute atomic E-state index is 9.15. The van der Waals surface area contributed by atoms with Gasteiger partial charge >= 0.3 is 0 Å². The summed E-state index contributed by atoms with van der Waals surface area (Å²) < 4.78 is 0. The van der Waals surface area contributed by atoms with Gasteiger partial charge in [0.1, 0.15) is 5.75 Å². The first kappa shape index (κ1) is 11.1. The van der Waals surface area contributed by atoms with Crippen LogP contribution >= 0.6 is 11.8 Å². The summed E-state index contributed by atoms with van der Waals surface area (Å²) in [6.07, 6.45) is 1.03. The number of aromatic hydroxyl groups is 1. The molecule has 0 fully saturated rings. The molecule has 82 valence electrons. The van der Waals surface area contributed by atoms with Gasteiger partial charge in [-0.15, -0.1) is 11.8 Å². The molecule has 0 aliphatic carbocycles. The van der Waals surface area contributed by atoms with Gasteiger partial charge in [0.25, 0.3) is 0 Å². The molecule has 0 amide bonds. The molecule has 1 N–H and O–H groups in total. The first-order valence-electron chi connectivity index (χ1n) is 5.30. The molecule has 0 aliphatic heterocycles. The summed E-state index contributed by atoms with van der Waals surface area (Å²) in [5.41, 5.74) is 1.27. The topological polar surface area (TPSA) is 20.2 Å². The third-order valence-electron chi connectivity index (χ3n) is 2.34. The predicted octanol–water partition coefficient (Wildman–Crippen LogP) is 3.73. The minimum absolute atomic E-state index is 0.333. The molecule has 0 spiro atoms. The van der Waals surface area contributed by atoms with Crippen LogP contribution in [0.3, 0.4) is 0 Å². The first-order valence-corrected chi connectivity index (χ1v) is 6.29. The molecule has 2 aromatic carbocycles. The number of phenolic OH excluding ortho intramolecular Hbond substituents is 1. The lowest BCUT2D eigenvalue weighted by Crippen LogP contribution is -1.87. The minimum Gasteiger partial charge on any atom is -0.508 e. The lowest BCUT2D eigenvalue weighted by atomic mass is 10.2. The van der Waals surface area contributed by atoms with Gasteiger partial charge in [-0.3, -0.25) is 0 Å². The molecule has 2 aromatic rings. The number of thioether (sulfide) groups is 1. The Bertz CT molecular complexity index is 422. The molecule has 2 heteroatoms. The predicted molar refractivity (Wildman–Crippen MR) is 69.0 cm³/mol. The Morgan fingerprint density at radius 1 is 0.875 bits per heavy atom. The van der Waals surface area contributed by atoms with Crippen LogP contribution in [0, 0.1) is 0 Å². The second kappa shape index (κ2) is 5.61. The second-order valence-corrected chi connectivity index (χ2v) is 4.75. The van der Waals surface area contributed by atoms with E-state index in [-0.39, 0.29) is 0 Å². The van der Waals surface area contributed by atoms with E-state index in [9.17, 15) is 0 Å². The number of benzene rings is 2. The Kier molecular flexibility index (Phi) is 3.89. The SMILES string of the molecule is Oc1ccc(CCSc2ccccc2)cc1. The molecular weight excluding hydrogens is 216 g/mol. The van der Waals surface area contributed by atoms with Gasteiger partial charge < -0.3 is 5.11 Å². The lowest BCUT2D eigenvalue weighted by Gasteiger charge is -2.02. The molecule has 2 rings (SSSR count). The molecule has 0 bridgehead atoms. The summed E-state index contributed by atoms with van der Waals surface area (Å²) in [4.78, 5) is 1.31. The van der Waals surface area contributed by atoms with Crippen molar-refractivity contribution in [2.24, 2.45) is 0 Å². The normalized spacial score (nSPS) is 10.2. The van der Waals surface area contributed by atoms with Gasteiger partial charge in [0.05, 0.1) is 0 Å². The van der Waals surface area contributed by atoms with Crippen LogP contribution in [0.2, 0.25) is 0 Å². The maximum atomic E-state index is 9.15. The van der Waals surface area contributed by atoms with Crippen LogP contribution in [0.25, 0.3) is 0 Å². The van der Waals surface area contributed by atoms with E-state index in [1.165, 1.54) is 10.5 Å². The van der Waals surface area contributed by atoms with Gasteiger partial charge in [-0.25, -0.2) is 0 Å². The van der Waals surface area contributed by atoms with Crippen molar-refractivity contribution < 1.29 is 5.11 Å². The van der Waals surface area contributed by atoms with Crippen molar-refractivity contribution in [1.29, 1.82) is 0 Å². The van der Waals surface area contributed by atoms with Crippen molar-refractivity contribution in [2.45, 2.75) is 11.3 Å². The zero-order valence-electron chi connectivity index (χ0n) is 8.97. The number of hydrogen-bond acceptors (Lipinski definition) is 2. The second-order valence-electron chi connectivity index (χ2n) is 3.58. The fourth-order valence-electron chi connectivity index (χ4n) is 1.47. The van der Waals surface area contributed by atoms with Gasteiger partial charge in [-0.2, -0.15) is 0 Å². The largest absolute Gasteiger partial charge is 0.508 e. The Hall–Kier alpha value is -1.41. The summed E-state index contributed by atoms with van der Waals surface area (Å²) in [6, 6.07) is 17.8. The summed E-state index contributed by atoms with van der Waals surface area (Å²) >= 11 is 1.86. The zero-order valence-corrected chi connectivity index (χ0v) is 9.78. The zero-order chi connectivity index (χ0) is 11.2. The molecule has 0 aliphatic rings. The van der Waals surface area contributed by atoms with E-state index < -0.39 is 0 Å². The standard InChI is InChI=1S/C14H14OS/c15-13-8-6-12(7-9-13)10-11-16-14-4-2-1-3-5-14/h1-9,15H,10-11H2. The molecule has 0 heterocycles. The number of phenols is 1. The summed E-state index contributed by atoms with van der Waals surface area (Å²) in [5.74, 6) is 1.40. The van der Waals surface area contributed by atoms with Crippen LogP contribution in [0.4, 0.5) is 0 Å². The van der Waals surface area contributed by atoms with Gasteiger partial charge in [-0.1, -0.05) is 30.3 Å². The fourth-order valence-corrected chi connectivity index (χ4v) is 2.39. The first-order chi connectivity index (χ1) is 7.84. The van der Waals surface area contributed by atoms with Crippen LogP contribution in [-0.2, 0) is 6.42 Å².